The highest BCUT2D eigenvalue weighted by atomic mass is 16.5. The van der Waals surface area contributed by atoms with Gasteiger partial charge in [0.25, 0.3) is 0 Å². The van der Waals surface area contributed by atoms with Gasteiger partial charge in [0.2, 0.25) is 0 Å². The van der Waals surface area contributed by atoms with Crippen LogP contribution in [0.2, 0.25) is 0 Å². The quantitative estimate of drug-likeness (QED) is 0.547. The van der Waals surface area contributed by atoms with Crippen molar-refractivity contribution >= 4 is 40.4 Å². The Balaban J connectivity index is 1.75. The molecular weight excluding hydrogens is 360 g/mol. The Hall–Kier alpha value is -3.69. The van der Waals surface area contributed by atoms with E-state index < -0.39 is 0 Å². The molecule has 0 atom stereocenters. The summed E-state index contributed by atoms with van der Waals surface area (Å²) in [6.45, 7) is 1.47. The monoisotopic (exact) mass is 382 g/mol. The van der Waals surface area contributed by atoms with Gasteiger partial charge in [-0.05, 0) is 12.1 Å². The number of rotatable bonds is 4. The fourth-order valence-electron chi connectivity index (χ4n) is 3.15. The van der Waals surface area contributed by atoms with E-state index in [9.17, 15) is 4.79 Å². The highest BCUT2D eigenvalue weighted by Crippen LogP contribution is 2.39. The minimum atomic E-state index is -0.336. The van der Waals surface area contributed by atoms with Crippen LogP contribution in [0.1, 0.15) is 0 Å². The first-order valence-corrected chi connectivity index (χ1v) is 8.90. The molecule has 10 nitrogen and oxygen atoms in total. The maximum Gasteiger partial charge on any atom is 0.319 e. The van der Waals surface area contributed by atoms with Gasteiger partial charge >= 0.3 is 6.03 Å². The summed E-state index contributed by atoms with van der Waals surface area (Å²) in [5.74, 6) is 2.18. The first-order chi connectivity index (χ1) is 13.6. The summed E-state index contributed by atoms with van der Waals surface area (Å²) in [4.78, 5) is 18.5. The van der Waals surface area contributed by atoms with Crippen molar-refractivity contribution in [1.29, 1.82) is 0 Å². The first kappa shape index (κ1) is 17.7. The third-order valence-corrected chi connectivity index (χ3v) is 4.53. The largest absolute Gasteiger partial charge is 0.489 e. The molecule has 1 aromatic carbocycles. The minimum absolute atomic E-state index is 0.336. The summed E-state index contributed by atoms with van der Waals surface area (Å²) >= 11 is 0. The summed E-state index contributed by atoms with van der Waals surface area (Å²) in [6, 6.07) is 7.39. The van der Waals surface area contributed by atoms with Crippen molar-refractivity contribution in [1.82, 2.24) is 19.9 Å². The van der Waals surface area contributed by atoms with Crippen molar-refractivity contribution in [2.75, 3.05) is 55.1 Å². The number of aromatic nitrogens is 3. The number of para-hydroxylation sites is 1. The second-order valence-electron chi connectivity index (χ2n) is 6.32. The molecule has 0 fully saturated rings. The third kappa shape index (κ3) is 3.08. The zero-order valence-corrected chi connectivity index (χ0v) is 15.9. The van der Waals surface area contributed by atoms with Crippen molar-refractivity contribution in [3.63, 3.8) is 0 Å². The molecule has 1 aliphatic rings. The molecule has 0 spiro atoms. The predicted octanol–water partition coefficient (Wildman–Crippen LogP) is 2.09. The van der Waals surface area contributed by atoms with Crippen molar-refractivity contribution < 1.29 is 9.53 Å². The van der Waals surface area contributed by atoms with Gasteiger partial charge in [-0.25, -0.2) is 9.78 Å². The summed E-state index contributed by atoms with van der Waals surface area (Å²) in [5, 5.41) is 16.0. The molecule has 0 bridgehead atoms. The molecule has 4 rings (SSSR count). The lowest BCUT2D eigenvalue weighted by Gasteiger charge is -2.29. The number of carbonyl (C=O) groups excluding carboxylic acids is 1. The van der Waals surface area contributed by atoms with Crippen LogP contribution in [0.15, 0.2) is 30.5 Å². The number of fused-ring (bicyclic) bond motifs is 2. The maximum atomic E-state index is 11.7. The number of anilines is 5. The van der Waals surface area contributed by atoms with E-state index in [4.69, 9.17) is 4.74 Å². The van der Waals surface area contributed by atoms with Crippen LogP contribution in [0, 0.1) is 0 Å². The number of ether oxygens (including phenoxy) is 1. The first-order valence-electron chi connectivity index (χ1n) is 8.90. The van der Waals surface area contributed by atoms with Crippen molar-refractivity contribution in [3.05, 3.63) is 30.5 Å². The number of amides is 2. The number of nitrogens with zero attached hydrogens (tertiary/aromatic N) is 4. The SMILES string of the molecule is CNC(=O)Nc1cnn2c(NC)cc(Nc3cccc4c3N(C)CCO4)nc12. The fourth-order valence-corrected chi connectivity index (χ4v) is 3.15. The third-order valence-electron chi connectivity index (χ3n) is 4.53. The van der Waals surface area contributed by atoms with Crippen LogP contribution in [0.4, 0.5) is 33.5 Å². The Labute approximate surface area is 161 Å². The predicted molar refractivity (Wildman–Crippen MR) is 109 cm³/mol. The molecule has 0 unspecified atom stereocenters. The van der Waals surface area contributed by atoms with Gasteiger partial charge in [0.15, 0.2) is 5.65 Å². The van der Waals surface area contributed by atoms with Gasteiger partial charge in [0.05, 0.1) is 18.4 Å². The summed E-state index contributed by atoms with van der Waals surface area (Å²) in [5.41, 5.74) is 2.90. The molecule has 4 N–H and O–H groups in total. The van der Waals surface area contributed by atoms with Gasteiger partial charge < -0.3 is 30.9 Å². The second kappa shape index (κ2) is 7.14. The molecule has 0 saturated heterocycles. The Bertz CT molecular complexity index is 1030. The van der Waals surface area contributed by atoms with Crippen LogP contribution in [0.5, 0.6) is 5.75 Å². The van der Waals surface area contributed by atoms with Crippen LogP contribution < -0.4 is 30.9 Å². The number of urea groups is 1. The molecule has 28 heavy (non-hydrogen) atoms. The van der Waals surface area contributed by atoms with E-state index >= 15 is 0 Å². The Morgan fingerprint density at radius 1 is 1.25 bits per heavy atom. The topological polar surface area (TPSA) is 108 Å². The van der Waals surface area contributed by atoms with Crippen LogP contribution in [-0.4, -0.2) is 54.9 Å². The van der Waals surface area contributed by atoms with E-state index in [-0.39, 0.29) is 6.03 Å². The minimum Gasteiger partial charge on any atom is -0.489 e. The smallest absolute Gasteiger partial charge is 0.319 e. The van der Waals surface area contributed by atoms with Crippen LogP contribution in [-0.2, 0) is 0 Å². The van der Waals surface area contributed by atoms with E-state index in [0.717, 1.165) is 29.5 Å². The van der Waals surface area contributed by atoms with Gasteiger partial charge in [0.1, 0.15) is 35.4 Å². The van der Waals surface area contributed by atoms with Gasteiger partial charge in [-0.1, -0.05) is 6.07 Å². The average molecular weight is 382 g/mol. The molecule has 2 amide bonds. The number of hydrogen-bond donors (Lipinski definition) is 4. The normalized spacial score (nSPS) is 12.9. The van der Waals surface area contributed by atoms with Crippen molar-refractivity contribution in [2.45, 2.75) is 0 Å². The molecule has 10 heteroatoms. The van der Waals surface area contributed by atoms with E-state index in [1.165, 1.54) is 0 Å². The molecule has 2 aromatic heterocycles. The molecule has 3 heterocycles. The zero-order chi connectivity index (χ0) is 19.7. The van der Waals surface area contributed by atoms with E-state index in [1.54, 1.807) is 24.8 Å². The molecule has 0 radical (unpaired) electrons. The zero-order valence-electron chi connectivity index (χ0n) is 15.9. The van der Waals surface area contributed by atoms with Gasteiger partial charge in [-0.2, -0.15) is 9.61 Å². The Kier molecular flexibility index (Phi) is 4.52. The number of likely N-dealkylation sites (N-methyl/N-ethyl adjacent to an activating group) is 1. The van der Waals surface area contributed by atoms with Crippen molar-refractivity contribution in [3.8, 4) is 5.75 Å². The summed E-state index contributed by atoms with van der Waals surface area (Å²) < 4.78 is 7.40. The molecule has 0 saturated carbocycles. The molecule has 0 aliphatic carbocycles. The van der Waals surface area contributed by atoms with E-state index in [0.29, 0.717) is 23.8 Å². The number of hydrogen-bond acceptors (Lipinski definition) is 7. The van der Waals surface area contributed by atoms with Gasteiger partial charge in [-0.3, -0.25) is 0 Å². The van der Waals surface area contributed by atoms with Crippen LogP contribution >= 0.6 is 0 Å². The summed E-state index contributed by atoms with van der Waals surface area (Å²) in [7, 11) is 5.39. The lowest BCUT2D eigenvalue weighted by Crippen LogP contribution is -2.29. The fraction of sp³-hybridized carbons (Fsp3) is 0.278. The van der Waals surface area contributed by atoms with E-state index in [1.807, 2.05) is 31.3 Å². The highest BCUT2D eigenvalue weighted by Gasteiger charge is 2.20. The molecular formula is C18H22N8O2. The number of nitrogens with one attached hydrogen (secondary N) is 4. The van der Waals surface area contributed by atoms with Crippen LogP contribution in [0.25, 0.3) is 5.65 Å². The van der Waals surface area contributed by atoms with Gasteiger partial charge in [-0.15, -0.1) is 0 Å². The summed E-state index contributed by atoms with van der Waals surface area (Å²) in [6.07, 6.45) is 1.56. The van der Waals surface area contributed by atoms with Gasteiger partial charge in [0, 0.05) is 27.2 Å². The average Bonchev–Trinajstić information content (AvgIpc) is 3.10. The van der Waals surface area contributed by atoms with Crippen molar-refractivity contribution in [2.24, 2.45) is 0 Å². The van der Waals surface area contributed by atoms with E-state index in [2.05, 4.69) is 36.2 Å². The standard InChI is InChI=1S/C18H22N8O2/c1-19-15-9-14(24-17-12(10-21-26(15)17)23-18(27)20-2)22-11-5-4-6-13-16(11)25(3)7-8-28-13/h4-6,9-10,19H,7-8H2,1-3H3,(H,22,24)(H2,20,23,27). The molecule has 146 valence electrons. The Morgan fingerprint density at radius 2 is 2.11 bits per heavy atom. The Morgan fingerprint density at radius 3 is 2.89 bits per heavy atom. The van der Waals surface area contributed by atoms with Crippen LogP contribution in [0.3, 0.4) is 0 Å². The lowest BCUT2D eigenvalue weighted by molar-refractivity contribution is 0.254. The number of carbonyl (C=O) groups is 1. The second-order valence-corrected chi connectivity index (χ2v) is 6.32. The molecule has 1 aliphatic heterocycles. The molecule has 3 aromatic rings. The highest BCUT2D eigenvalue weighted by molar-refractivity contribution is 5.93. The number of benzene rings is 1. The maximum absolute atomic E-state index is 11.7. The lowest BCUT2D eigenvalue weighted by atomic mass is 10.2.